The second-order valence-corrected chi connectivity index (χ2v) is 4.33. The normalized spacial score (nSPS) is 10.8. The Bertz CT molecular complexity index is 727. The smallest absolute Gasteiger partial charge is 0.0904 e. The van der Waals surface area contributed by atoms with Crippen molar-refractivity contribution in [3.63, 3.8) is 0 Å². The van der Waals surface area contributed by atoms with Gasteiger partial charge in [0, 0.05) is 24.2 Å². The maximum absolute atomic E-state index is 6.25. The van der Waals surface area contributed by atoms with Crippen molar-refractivity contribution in [1.29, 1.82) is 0 Å². The van der Waals surface area contributed by atoms with E-state index in [1.807, 2.05) is 13.0 Å². The molecule has 5 heteroatoms. The van der Waals surface area contributed by atoms with Crippen LogP contribution in [0.3, 0.4) is 0 Å². The predicted octanol–water partition coefficient (Wildman–Crippen LogP) is 3.05. The minimum Gasteiger partial charge on any atom is -0.261 e. The van der Waals surface area contributed by atoms with Gasteiger partial charge >= 0.3 is 0 Å². The largest absolute Gasteiger partial charge is 0.261 e. The maximum Gasteiger partial charge on any atom is 0.0904 e. The van der Waals surface area contributed by atoms with E-state index in [2.05, 4.69) is 19.9 Å². The number of hydrogen-bond acceptors (Lipinski definition) is 4. The van der Waals surface area contributed by atoms with Crippen LogP contribution >= 0.6 is 11.6 Å². The summed E-state index contributed by atoms with van der Waals surface area (Å²) in [5.74, 6) is 0. The Labute approximate surface area is 109 Å². The van der Waals surface area contributed by atoms with Gasteiger partial charge in [0.2, 0.25) is 0 Å². The van der Waals surface area contributed by atoms with Crippen LogP contribution in [0.2, 0.25) is 5.02 Å². The van der Waals surface area contributed by atoms with Gasteiger partial charge in [-0.1, -0.05) is 11.6 Å². The van der Waals surface area contributed by atoms with Gasteiger partial charge in [0.1, 0.15) is 0 Å². The number of halogens is 1. The molecule has 0 saturated carbocycles. The molecule has 0 aliphatic rings. The van der Waals surface area contributed by atoms with E-state index in [0.29, 0.717) is 5.02 Å². The zero-order valence-electron chi connectivity index (χ0n) is 9.63. The van der Waals surface area contributed by atoms with Crippen LogP contribution in [0.25, 0.3) is 22.3 Å². The lowest BCUT2D eigenvalue weighted by molar-refractivity contribution is 1.12. The van der Waals surface area contributed by atoms with Crippen molar-refractivity contribution >= 4 is 22.6 Å². The number of aromatic nitrogens is 4. The number of fused-ring (bicyclic) bond motifs is 1. The first-order valence-electron chi connectivity index (χ1n) is 5.43. The standard InChI is InChI=1S/C13H9ClN4/c1-8-6-15-7-13(18-8)9-4-11-12(5-10(9)14)17-3-2-16-11/h2-7H,1H3. The van der Waals surface area contributed by atoms with Gasteiger partial charge in [-0.3, -0.25) is 15.0 Å². The molecule has 0 amide bonds. The van der Waals surface area contributed by atoms with Gasteiger partial charge in [-0.05, 0) is 19.1 Å². The summed E-state index contributed by atoms with van der Waals surface area (Å²) in [7, 11) is 0. The van der Waals surface area contributed by atoms with Crippen LogP contribution < -0.4 is 0 Å². The highest BCUT2D eigenvalue weighted by atomic mass is 35.5. The average Bonchev–Trinajstić information content (AvgIpc) is 2.38. The zero-order chi connectivity index (χ0) is 12.5. The van der Waals surface area contributed by atoms with E-state index in [-0.39, 0.29) is 0 Å². The van der Waals surface area contributed by atoms with Crippen molar-refractivity contribution in [2.75, 3.05) is 0 Å². The van der Waals surface area contributed by atoms with E-state index in [4.69, 9.17) is 11.6 Å². The van der Waals surface area contributed by atoms with E-state index in [9.17, 15) is 0 Å². The first-order chi connectivity index (χ1) is 8.74. The molecule has 0 fully saturated rings. The van der Waals surface area contributed by atoms with E-state index < -0.39 is 0 Å². The molecule has 0 aliphatic heterocycles. The fourth-order valence-electron chi connectivity index (χ4n) is 1.77. The Balaban J connectivity index is 2.26. The minimum atomic E-state index is 0.600. The lowest BCUT2D eigenvalue weighted by atomic mass is 10.1. The third-order valence-corrected chi connectivity index (χ3v) is 2.90. The van der Waals surface area contributed by atoms with Crippen molar-refractivity contribution < 1.29 is 0 Å². The summed E-state index contributed by atoms with van der Waals surface area (Å²) in [6, 6.07) is 3.68. The van der Waals surface area contributed by atoms with Crippen molar-refractivity contribution in [3.05, 3.63) is 47.6 Å². The molecule has 18 heavy (non-hydrogen) atoms. The van der Waals surface area contributed by atoms with E-state index in [0.717, 1.165) is 28.0 Å². The van der Waals surface area contributed by atoms with Crippen molar-refractivity contribution in [2.24, 2.45) is 0 Å². The summed E-state index contributed by atoms with van der Waals surface area (Å²) in [4.78, 5) is 17.0. The van der Waals surface area contributed by atoms with Gasteiger partial charge in [-0.25, -0.2) is 4.98 Å². The molecule has 0 N–H and O–H groups in total. The highest BCUT2D eigenvalue weighted by Crippen LogP contribution is 2.29. The molecule has 4 nitrogen and oxygen atoms in total. The number of hydrogen-bond donors (Lipinski definition) is 0. The molecule has 0 aliphatic carbocycles. The molecular formula is C13H9ClN4. The number of nitrogens with zero attached hydrogens (tertiary/aromatic N) is 4. The van der Waals surface area contributed by atoms with E-state index in [1.165, 1.54) is 0 Å². The summed E-state index contributed by atoms with van der Waals surface area (Å²) in [6.07, 6.45) is 6.70. The molecule has 2 heterocycles. The highest BCUT2D eigenvalue weighted by Gasteiger charge is 2.08. The van der Waals surface area contributed by atoms with Gasteiger partial charge in [0.25, 0.3) is 0 Å². The van der Waals surface area contributed by atoms with Gasteiger partial charge in [-0.2, -0.15) is 0 Å². The van der Waals surface area contributed by atoms with Gasteiger partial charge < -0.3 is 0 Å². The van der Waals surface area contributed by atoms with Crippen molar-refractivity contribution in [3.8, 4) is 11.3 Å². The Morgan fingerprint density at radius 1 is 1.00 bits per heavy atom. The van der Waals surface area contributed by atoms with Gasteiger partial charge in [0.15, 0.2) is 0 Å². The van der Waals surface area contributed by atoms with Crippen LogP contribution in [0.15, 0.2) is 36.9 Å². The Kier molecular flexibility index (Phi) is 2.64. The predicted molar refractivity (Wildman–Crippen MR) is 70.3 cm³/mol. The third kappa shape index (κ3) is 1.91. The molecule has 1 aromatic carbocycles. The monoisotopic (exact) mass is 256 g/mol. The highest BCUT2D eigenvalue weighted by molar-refractivity contribution is 6.34. The summed E-state index contributed by atoms with van der Waals surface area (Å²) >= 11 is 6.25. The molecule has 3 rings (SSSR count). The summed E-state index contributed by atoms with van der Waals surface area (Å²) < 4.78 is 0. The van der Waals surface area contributed by atoms with Crippen LogP contribution in [0, 0.1) is 6.92 Å². The summed E-state index contributed by atoms with van der Waals surface area (Å²) in [6.45, 7) is 1.89. The zero-order valence-corrected chi connectivity index (χ0v) is 10.4. The molecule has 2 aromatic heterocycles. The van der Waals surface area contributed by atoms with E-state index in [1.54, 1.807) is 30.9 Å². The summed E-state index contributed by atoms with van der Waals surface area (Å²) in [5, 5.41) is 0.600. The van der Waals surface area contributed by atoms with Gasteiger partial charge in [0.05, 0.1) is 33.6 Å². The number of benzene rings is 1. The first kappa shape index (κ1) is 11.0. The molecular weight excluding hydrogens is 248 g/mol. The fraction of sp³-hybridized carbons (Fsp3) is 0.0769. The molecule has 88 valence electrons. The third-order valence-electron chi connectivity index (χ3n) is 2.59. The molecule has 0 bridgehead atoms. The lowest BCUT2D eigenvalue weighted by Crippen LogP contribution is -1.91. The fourth-order valence-corrected chi connectivity index (χ4v) is 2.03. The van der Waals surface area contributed by atoms with Crippen LogP contribution in [0.1, 0.15) is 5.69 Å². The van der Waals surface area contributed by atoms with Crippen LogP contribution in [-0.2, 0) is 0 Å². The maximum atomic E-state index is 6.25. The number of rotatable bonds is 1. The Hall–Kier alpha value is -2.07. The molecule has 0 spiro atoms. The van der Waals surface area contributed by atoms with Crippen molar-refractivity contribution in [2.45, 2.75) is 6.92 Å². The molecule has 3 aromatic rings. The average molecular weight is 257 g/mol. The first-order valence-corrected chi connectivity index (χ1v) is 5.81. The van der Waals surface area contributed by atoms with Crippen LogP contribution in [-0.4, -0.2) is 19.9 Å². The minimum absolute atomic E-state index is 0.600. The molecule has 0 radical (unpaired) electrons. The quantitative estimate of drug-likeness (QED) is 0.671. The lowest BCUT2D eigenvalue weighted by Gasteiger charge is -2.05. The van der Waals surface area contributed by atoms with Gasteiger partial charge in [-0.15, -0.1) is 0 Å². The Morgan fingerprint density at radius 3 is 2.44 bits per heavy atom. The topological polar surface area (TPSA) is 51.6 Å². The van der Waals surface area contributed by atoms with Crippen LogP contribution in [0.4, 0.5) is 0 Å². The second kappa shape index (κ2) is 4.31. The molecule has 0 saturated heterocycles. The van der Waals surface area contributed by atoms with Crippen LogP contribution in [0.5, 0.6) is 0 Å². The Morgan fingerprint density at radius 2 is 1.72 bits per heavy atom. The van der Waals surface area contributed by atoms with Crippen molar-refractivity contribution in [1.82, 2.24) is 19.9 Å². The van der Waals surface area contributed by atoms with E-state index >= 15 is 0 Å². The molecule has 0 unspecified atom stereocenters. The molecule has 0 atom stereocenters. The summed E-state index contributed by atoms with van der Waals surface area (Å²) in [5.41, 5.74) is 3.98. The SMILES string of the molecule is Cc1cncc(-c2cc3nccnc3cc2Cl)n1. The second-order valence-electron chi connectivity index (χ2n) is 3.92. The number of aryl methyl sites for hydroxylation is 1.